The molecule has 0 spiro atoms. The van der Waals surface area contributed by atoms with E-state index in [4.69, 9.17) is 11.6 Å². The Morgan fingerprint density at radius 1 is 1.47 bits per heavy atom. The highest BCUT2D eigenvalue weighted by Gasteiger charge is 2.35. The van der Waals surface area contributed by atoms with Gasteiger partial charge in [-0.1, -0.05) is 12.2 Å². The summed E-state index contributed by atoms with van der Waals surface area (Å²) in [6, 6.07) is 0.997. The predicted octanol–water partition coefficient (Wildman–Crippen LogP) is 3.75. The van der Waals surface area contributed by atoms with Gasteiger partial charge in [-0.25, -0.2) is 4.98 Å². The topological polar surface area (TPSA) is 22.1 Å². The van der Waals surface area contributed by atoms with Crippen molar-refractivity contribution >= 4 is 17.7 Å². The van der Waals surface area contributed by atoms with Gasteiger partial charge in [0.2, 0.25) is 5.88 Å². The van der Waals surface area contributed by atoms with E-state index in [0.717, 1.165) is 13.2 Å². The number of aromatic nitrogens is 1. The molecule has 0 saturated heterocycles. The van der Waals surface area contributed by atoms with Gasteiger partial charge in [-0.3, -0.25) is 0 Å². The maximum Gasteiger partial charge on any atom is 0.421 e. The Morgan fingerprint density at radius 2 is 2.18 bits per heavy atom. The van der Waals surface area contributed by atoms with Crippen LogP contribution in [0, 0.1) is 0 Å². The van der Waals surface area contributed by atoms with Gasteiger partial charge in [-0.05, 0) is 18.1 Å². The molecule has 94 valence electrons. The Kier molecular flexibility index (Phi) is 4.81. The number of hydrogen-bond donors (Lipinski definition) is 0. The fourth-order valence-corrected chi connectivity index (χ4v) is 1.33. The molecule has 1 aromatic heterocycles. The summed E-state index contributed by atoms with van der Waals surface area (Å²) in [5.41, 5.74) is -0.517. The Bertz CT molecular complexity index is 404. The maximum atomic E-state index is 12.6. The summed E-state index contributed by atoms with van der Waals surface area (Å²) in [6.07, 6.45) is 0.670. The van der Waals surface area contributed by atoms with E-state index in [-0.39, 0.29) is 0 Å². The van der Waals surface area contributed by atoms with Crippen LogP contribution in [0.5, 0.6) is 5.88 Å². The maximum absolute atomic E-state index is 12.6. The lowest BCUT2D eigenvalue weighted by atomic mass is 10.1. The highest BCUT2D eigenvalue weighted by molar-refractivity contribution is 6.17. The van der Waals surface area contributed by atoms with E-state index >= 15 is 0 Å². The summed E-state index contributed by atoms with van der Waals surface area (Å²) < 4.78 is 42.5. The van der Waals surface area contributed by atoms with Crippen molar-refractivity contribution in [3.8, 4) is 5.88 Å². The minimum atomic E-state index is -4.48. The fourth-order valence-electron chi connectivity index (χ4n) is 1.21. The molecule has 0 aliphatic rings. The monoisotopic (exact) mass is 265 g/mol. The standard InChI is InChI=1S/C11H11ClF3NO/c1-17-10-9(11(13,14)15)6-8(7-16-10)4-2-3-5-12/h2,4,6-7H,3,5H2,1H3. The second-order valence-corrected chi connectivity index (χ2v) is 3.58. The molecule has 0 unspecified atom stereocenters. The Balaban J connectivity index is 3.05. The van der Waals surface area contributed by atoms with Crippen molar-refractivity contribution in [1.29, 1.82) is 0 Å². The zero-order valence-electron chi connectivity index (χ0n) is 9.09. The van der Waals surface area contributed by atoms with Crippen LogP contribution in [0.15, 0.2) is 18.3 Å². The minimum Gasteiger partial charge on any atom is -0.481 e. The lowest BCUT2D eigenvalue weighted by Crippen LogP contribution is -2.09. The molecule has 0 atom stereocenters. The summed E-state index contributed by atoms with van der Waals surface area (Å²) in [4.78, 5) is 3.62. The Morgan fingerprint density at radius 3 is 2.71 bits per heavy atom. The smallest absolute Gasteiger partial charge is 0.421 e. The van der Waals surface area contributed by atoms with E-state index in [9.17, 15) is 13.2 Å². The van der Waals surface area contributed by atoms with Crippen LogP contribution >= 0.6 is 11.6 Å². The van der Waals surface area contributed by atoms with Crippen LogP contribution in [0.4, 0.5) is 13.2 Å². The predicted molar refractivity (Wildman–Crippen MR) is 60.2 cm³/mol. The van der Waals surface area contributed by atoms with Crippen LogP contribution in [-0.4, -0.2) is 18.0 Å². The quantitative estimate of drug-likeness (QED) is 0.774. The second kappa shape index (κ2) is 5.91. The van der Waals surface area contributed by atoms with Gasteiger partial charge in [0.1, 0.15) is 5.56 Å². The van der Waals surface area contributed by atoms with Crippen LogP contribution in [0.3, 0.4) is 0 Å². The van der Waals surface area contributed by atoms with Crippen molar-refractivity contribution in [2.24, 2.45) is 0 Å². The van der Waals surface area contributed by atoms with Gasteiger partial charge in [-0.15, -0.1) is 11.6 Å². The lowest BCUT2D eigenvalue weighted by molar-refractivity contribution is -0.139. The summed E-state index contributed by atoms with van der Waals surface area (Å²) in [7, 11) is 1.15. The number of alkyl halides is 4. The highest BCUT2D eigenvalue weighted by atomic mass is 35.5. The van der Waals surface area contributed by atoms with E-state index in [1.165, 1.54) is 6.20 Å². The second-order valence-electron chi connectivity index (χ2n) is 3.20. The van der Waals surface area contributed by atoms with Gasteiger partial charge < -0.3 is 4.74 Å². The van der Waals surface area contributed by atoms with Crippen molar-refractivity contribution < 1.29 is 17.9 Å². The van der Waals surface area contributed by atoms with E-state index < -0.39 is 17.6 Å². The molecule has 2 nitrogen and oxygen atoms in total. The van der Waals surface area contributed by atoms with E-state index in [2.05, 4.69) is 9.72 Å². The van der Waals surface area contributed by atoms with Crippen LogP contribution < -0.4 is 4.74 Å². The first-order valence-corrected chi connectivity index (χ1v) is 5.36. The van der Waals surface area contributed by atoms with Crippen LogP contribution in [0.2, 0.25) is 0 Å². The molecule has 0 N–H and O–H groups in total. The van der Waals surface area contributed by atoms with Crippen LogP contribution in [0.1, 0.15) is 17.5 Å². The zero-order valence-corrected chi connectivity index (χ0v) is 9.85. The summed E-state index contributed by atoms with van der Waals surface area (Å²) in [5, 5.41) is 0. The molecular formula is C11H11ClF3NO. The molecule has 1 heterocycles. The Hall–Kier alpha value is -1.23. The minimum absolute atomic E-state index is 0.364. The molecule has 1 aromatic rings. The zero-order chi connectivity index (χ0) is 12.9. The van der Waals surface area contributed by atoms with Crippen molar-refractivity contribution in [3.63, 3.8) is 0 Å². The Labute approximate surface area is 102 Å². The SMILES string of the molecule is COc1ncc(C=CCCCl)cc1C(F)(F)F. The molecule has 0 aliphatic carbocycles. The molecule has 1 rings (SSSR count). The number of ether oxygens (including phenoxy) is 1. The van der Waals surface area contributed by atoms with Gasteiger partial charge >= 0.3 is 6.18 Å². The summed E-state index contributed by atoms with van der Waals surface area (Å²) in [5.74, 6) is -0.00125. The molecule has 0 bridgehead atoms. The van der Waals surface area contributed by atoms with Gasteiger partial charge in [0, 0.05) is 12.1 Å². The van der Waals surface area contributed by atoms with Crippen molar-refractivity contribution in [2.75, 3.05) is 13.0 Å². The normalized spacial score (nSPS) is 12.1. The lowest BCUT2D eigenvalue weighted by Gasteiger charge is -2.11. The third-order valence-corrected chi connectivity index (χ3v) is 2.18. The molecular weight excluding hydrogens is 255 g/mol. The van der Waals surface area contributed by atoms with E-state index in [1.807, 2.05) is 0 Å². The number of nitrogens with zero attached hydrogens (tertiary/aromatic N) is 1. The highest BCUT2D eigenvalue weighted by Crippen LogP contribution is 2.35. The molecule has 0 amide bonds. The fraction of sp³-hybridized carbons (Fsp3) is 0.364. The van der Waals surface area contributed by atoms with E-state index in [0.29, 0.717) is 17.9 Å². The first-order chi connectivity index (χ1) is 7.99. The van der Waals surface area contributed by atoms with Crippen LogP contribution in [-0.2, 0) is 6.18 Å². The molecule has 0 saturated carbocycles. The number of methoxy groups -OCH3 is 1. The van der Waals surface area contributed by atoms with Crippen molar-refractivity contribution in [2.45, 2.75) is 12.6 Å². The van der Waals surface area contributed by atoms with Gasteiger partial charge in [0.15, 0.2) is 0 Å². The van der Waals surface area contributed by atoms with Crippen molar-refractivity contribution in [1.82, 2.24) is 4.98 Å². The van der Waals surface area contributed by atoms with E-state index in [1.54, 1.807) is 12.2 Å². The third kappa shape index (κ3) is 3.93. The number of hydrogen-bond acceptors (Lipinski definition) is 2. The molecule has 0 radical (unpaired) electrons. The molecule has 0 fully saturated rings. The van der Waals surface area contributed by atoms with Crippen LogP contribution in [0.25, 0.3) is 6.08 Å². The van der Waals surface area contributed by atoms with Crippen molar-refractivity contribution in [3.05, 3.63) is 29.5 Å². The first kappa shape index (κ1) is 13.8. The largest absolute Gasteiger partial charge is 0.481 e. The average Bonchev–Trinajstić information content (AvgIpc) is 2.28. The molecule has 0 aromatic carbocycles. The first-order valence-electron chi connectivity index (χ1n) is 4.82. The molecule has 17 heavy (non-hydrogen) atoms. The van der Waals surface area contributed by atoms with Gasteiger partial charge in [-0.2, -0.15) is 13.2 Å². The number of pyridine rings is 1. The van der Waals surface area contributed by atoms with Gasteiger partial charge in [0.25, 0.3) is 0 Å². The number of halogens is 4. The summed E-state index contributed by atoms with van der Waals surface area (Å²) in [6.45, 7) is 0. The summed E-state index contributed by atoms with van der Waals surface area (Å²) >= 11 is 5.45. The molecule has 0 aliphatic heterocycles. The molecule has 6 heteroatoms. The third-order valence-electron chi connectivity index (χ3n) is 1.96. The number of rotatable bonds is 4. The van der Waals surface area contributed by atoms with Gasteiger partial charge in [0.05, 0.1) is 7.11 Å². The number of allylic oxidation sites excluding steroid dienone is 1. The average molecular weight is 266 g/mol.